The van der Waals surface area contributed by atoms with Gasteiger partial charge in [-0.2, -0.15) is 0 Å². The Labute approximate surface area is 107 Å². The Morgan fingerprint density at radius 3 is 2.59 bits per heavy atom. The zero-order chi connectivity index (χ0) is 11.7. The van der Waals surface area contributed by atoms with Gasteiger partial charge in [-0.05, 0) is 29.2 Å². The smallest absolute Gasteiger partial charge is 0.0444 e. The van der Waals surface area contributed by atoms with Gasteiger partial charge in [0.1, 0.15) is 0 Å². The molecule has 0 saturated carbocycles. The lowest BCUT2D eigenvalue weighted by Crippen LogP contribution is -2.05. The Kier molecular flexibility index (Phi) is 2.74. The summed E-state index contributed by atoms with van der Waals surface area (Å²) >= 11 is 6.25. The third-order valence-corrected chi connectivity index (χ3v) is 3.65. The second-order valence-electron chi connectivity index (χ2n) is 4.39. The van der Waals surface area contributed by atoms with Gasteiger partial charge >= 0.3 is 0 Å². The largest absolute Gasteiger partial charge is 0.0840 e. The van der Waals surface area contributed by atoms with Crippen molar-refractivity contribution in [3.63, 3.8) is 0 Å². The maximum atomic E-state index is 6.25. The second-order valence-corrected chi connectivity index (χ2v) is 4.80. The summed E-state index contributed by atoms with van der Waals surface area (Å²) in [6.45, 7) is 0. The summed E-state index contributed by atoms with van der Waals surface area (Å²) in [5.41, 5.74) is 3.95. The number of allylic oxidation sites excluding steroid dienone is 1. The van der Waals surface area contributed by atoms with Crippen molar-refractivity contribution in [3.8, 4) is 0 Å². The third kappa shape index (κ3) is 2.01. The molecule has 1 heteroatoms. The summed E-state index contributed by atoms with van der Waals surface area (Å²) in [6.07, 6.45) is 5.49. The van der Waals surface area contributed by atoms with Crippen LogP contribution in [0.3, 0.4) is 0 Å². The molecule has 2 aromatic rings. The summed E-state index contributed by atoms with van der Waals surface area (Å²) in [5.74, 6) is 0.401. The van der Waals surface area contributed by atoms with Crippen molar-refractivity contribution in [2.45, 2.75) is 12.3 Å². The van der Waals surface area contributed by atoms with Crippen molar-refractivity contribution < 1.29 is 0 Å². The van der Waals surface area contributed by atoms with Crippen LogP contribution >= 0.6 is 11.6 Å². The molecule has 0 amide bonds. The van der Waals surface area contributed by atoms with E-state index in [1.807, 2.05) is 12.1 Å². The van der Waals surface area contributed by atoms with E-state index in [1.165, 1.54) is 16.7 Å². The first-order chi connectivity index (χ1) is 8.34. The van der Waals surface area contributed by atoms with Crippen molar-refractivity contribution >= 4 is 17.7 Å². The molecular weight excluding hydrogens is 228 g/mol. The molecule has 0 bridgehead atoms. The number of fused-ring (bicyclic) bond motifs is 1. The number of hydrogen-bond donors (Lipinski definition) is 0. The molecule has 0 heterocycles. The van der Waals surface area contributed by atoms with Crippen LogP contribution in [-0.4, -0.2) is 0 Å². The van der Waals surface area contributed by atoms with E-state index < -0.39 is 0 Å². The van der Waals surface area contributed by atoms with Gasteiger partial charge < -0.3 is 0 Å². The molecule has 0 saturated heterocycles. The SMILES string of the molecule is Clc1ccccc1C1C=Cc2ccccc2C1. The fourth-order valence-corrected chi connectivity index (χ4v) is 2.67. The minimum atomic E-state index is 0.401. The highest BCUT2D eigenvalue weighted by molar-refractivity contribution is 6.31. The predicted octanol–water partition coefficient (Wildman–Crippen LogP) is 4.69. The van der Waals surface area contributed by atoms with Crippen LogP contribution in [0.4, 0.5) is 0 Å². The van der Waals surface area contributed by atoms with E-state index in [0.29, 0.717) is 5.92 Å². The molecule has 3 rings (SSSR count). The van der Waals surface area contributed by atoms with Crippen molar-refractivity contribution in [2.24, 2.45) is 0 Å². The van der Waals surface area contributed by atoms with Crippen LogP contribution in [0, 0.1) is 0 Å². The predicted molar refractivity (Wildman–Crippen MR) is 73.4 cm³/mol. The molecule has 17 heavy (non-hydrogen) atoms. The fraction of sp³-hybridized carbons (Fsp3) is 0.125. The van der Waals surface area contributed by atoms with Gasteiger partial charge in [-0.15, -0.1) is 0 Å². The Morgan fingerprint density at radius 2 is 1.71 bits per heavy atom. The average Bonchev–Trinajstić information content (AvgIpc) is 2.39. The fourth-order valence-electron chi connectivity index (χ4n) is 2.40. The normalized spacial score (nSPS) is 17.8. The molecule has 0 aromatic heterocycles. The number of benzene rings is 2. The maximum absolute atomic E-state index is 6.25. The minimum absolute atomic E-state index is 0.401. The summed E-state index contributed by atoms with van der Waals surface area (Å²) in [6, 6.07) is 16.6. The van der Waals surface area contributed by atoms with E-state index >= 15 is 0 Å². The van der Waals surface area contributed by atoms with Crippen molar-refractivity contribution in [3.05, 3.63) is 76.3 Å². The summed E-state index contributed by atoms with van der Waals surface area (Å²) in [7, 11) is 0. The van der Waals surface area contributed by atoms with Gasteiger partial charge in [0, 0.05) is 10.9 Å². The topological polar surface area (TPSA) is 0 Å². The van der Waals surface area contributed by atoms with Crippen LogP contribution in [0.2, 0.25) is 5.02 Å². The van der Waals surface area contributed by atoms with Gasteiger partial charge in [0.15, 0.2) is 0 Å². The zero-order valence-electron chi connectivity index (χ0n) is 9.44. The summed E-state index contributed by atoms with van der Waals surface area (Å²) < 4.78 is 0. The van der Waals surface area contributed by atoms with Gasteiger partial charge in [-0.3, -0.25) is 0 Å². The average molecular weight is 241 g/mol. The summed E-state index contributed by atoms with van der Waals surface area (Å²) in [5, 5.41) is 0.863. The van der Waals surface area contributed by atoms with Crippen molar-refractivity contribution in [2.75, 3.05) is 0 Å². The molecule has 0 aliphatic heterocycles. The highest BCUT2D eigenvalue weighted by atomic mass is 35.5. The van der Waals surface area contributed by atoms with Crippen LogP contribution in [0.1, 0.15) is 22.6 Å². The minimum Gasteiger partial charge on any atom is -0.0840 e. The molecule has 0 radical (unpaired) electrons. The zero-order valence-corrected chi connectivity index (χ0v) is 10.2. The van der Waals surface area contributed by atoms with Gasteiger partial charge in [0.25, 0.3) is 0 Å². The Hall–Kier alpha value is -1.53. The molecule has 84 valence electrons. The molecule has 1 aliphatic rings. The molecule has 0 fully saturated rings. The molecule has 1 atom stereocenters. The van der Waals surface area contributed by atoms with E-state index in [0.717, 1.165) is 11.4 Å². The van der Waals surface area contributed by atoms with E-state index in [4.69, 9.17) is 11.6 Å². The van der Waals surface area contributed by atoms with Crippen molar-refractivity contribution in [1.29, 1.82) is 0 Å². The molecule has 0 spiro atoms. The molecule has 1 aliphatic carbocycles. The first kappa shape index (κ1) is 10.6. The standard InChI is InChI=1S/C16H13Cl/c17-16-8-4-3-7-15(16)14-10-9-12-5-1-2-6-13(12)11-14/h1-10,14H,11H2. The van der Waals surface area contributed by atoms with Crippen LogP contribution in [0.25, 0.3) is 6.08 Å². The highest BCUT2D eigenvalue weighted by Gasteiger charge is 2.16. The van der Waals surface area contributed by atoms with E-state index in [1.54, 1.807) is 0 Å². The maximum Gasteiger partial charge on any atom is 0.0444 e. The summed E-state index contributed by atoms with van der Waals surface area (Å²) in [4.78, 5) is 0. The second kappa shape index (κ2) is 4.38. The lowest BCUT2D eigenvalue weighted by Gasteiger charge is -2.20. The first-order valence-corrected chi connectivity index (χ1v) is 6.23. The number of hydrogen-bond acceptors (Lipinski definition) is 0. The molecule has 2 aromatic carbocycles. The Bertz CT molecular complexity index is 569. The molecule has 1 unspecified atom stereocenters. The van der Waals surface area contributed by atoms with E-state index in [2.05, 4.69) is 48.6 Å². The third-order valence-electron chi connectivity index (χ3n) is 3.31. The van der Waals surface area contributed by atoms with Gasteiger partial charge in [-0.1, -0.05) is 66.2 Å². The lowest BCUT2D eigenvalue weighted by atomic mass is 9.85. The van der Waals surface area contributed by atoms with Gasteiger partial charge in [0.2, 0.25) is 0 Å². The van der Waals surface area contributed by atoms with E-state index in [9.17, 15) is 0 Å². The highest BCUT2D eigenvalue weighted by Crippen LogP contribution is 2.33. The molecular formula is C16H13Cl. The van der Waals surface area contributed by atoms with Gasteiger partial charge in [0.05, 0.1) is 0 Å². The number of halogens is 1. The monoisotopic (exact) mass is 240 g/mol. The molecule has 0 nitrogen and oxygen atoms in total. The van der Waals surface area contributed by atoms with Crippen LogP contribution in [0.15, 0.2) is 54.6 Å². The van der Waals surface area contributed by atoms with Crippen LogP contribution in [-0.2, 0) is 6.42 Å². The Morgan fingerprint density at radius 1 is 0.941 bits per heavy atom. The quantitative estimate of drug-likeness (QED) is 0.678. The van der Waals surface area contributed by atoms with Crippen LogP contribution < -0.4 is 0 Å². The number of rotatable bonds is 1. The molecule has 0 N–H and O–H groups in total. The van der Waals surface area contributed by atoms with Crippen molar-refractivity contribution in [1.82, 2.24) is 0 Å². The van der Waals surface area contributed by atoms with Gasteiger partial charge in [-0.25, -0.2) is 0 Å². The van der Waals surface area contributed by atoms with E-state index in [-0.39, 0.29) is 0 Å². The lowest BCUT2D eigenvalue weighted by molar-refractivity contribution is 0.827. The first-order valence-electron chi connectivity index (χ1n) is 5.85. The Balaban J connectivity index is 1.98. The van der Waals surface area contributed by atoms with Crippen LogP contribution in [0.5, 0.6) is 0 Å².